The van der Waals surface area contributed by atoms with Crippen molar-refractivity contribution in [2.45, 2.75) is 18.0 Å². The molecule has 0 atom stereocenters. The van der Waals surface area contributed by atoms with Crippen molar-refractivity contribution in [3.8, 4) is 11.5 Å². The molecular formula is C19H26IN3O4S. The van der Waals surface area contributed by atoms with Gasteiger partial charge in [-0.3, -0.25) is 4.99 Å². The third kappa shape index (κ3) is 6.86. The Kier molecular flexibility index (Phi) is 9.53. The number of halogens is 1. The standard InChI is InChI=1S/C19H25N3O4S.HI/c1-20-19(21-12-14-5-9-17(10-6-14)27(4,23)24)22-13-15-7-8-16(25-2)11-18(15)26-3;/h5-11H,12-13H2,1-4H3,(H2,20,21,22);1H. The van der Waals surface area contributed by atoms with Crippen molar-refractivity contribution in [3.63, 3.8) is 0 Å². The second-order valence-corrected chi connectivity index (χ2v) is 7.89. The summed E-state index contributed by atoms with van der Waals surface area (Å²) in [6.45, 7) is 1.04. The van der Waals surface area contributed by atoms with Gasteiger partial charge in [0.05, 0.1) is 19.1 Å². The highest BCUT2D eigenvalue weighted by molar-refractivity contribution is 14.0. The Labute approximate surface area is 183 Å². The Balaban J connectivity index is 0.00000392. The lowest BCUT2D eigenvalue weighted by Gasteiger charge is -2.14. The van der Waals surface area contributed by atoms with Gasteiger partial charge in [-0.05, 0) is 29.8 Å². The van der Waals surface area contributed by atoms with E-state index in [0.717, 1.165) is 22.6 Å². The molecule has 0 spiro atoms. The van der Waals surface area contributed by atoms with Gasteiger partial charge >= 0.3 is 0 Å². The average molecular weight is 519 g/mol. The van der Waals surface area contributed by atoms with E-state index in [0.29, 0.717) is 23.9 Å². The van der Waals surface area contributed by atoms with Crippen LogP contribution in [0.15, 0.2) is 52.4 Å². The molecule has 0 aliphatic rings. The molecule has 2 aromatic rings. The van der Waals surface area contributed by atoms with E-state index in [2.05, 4.69) is 15.6 Å². The fourth-order valence-corrected chi connectivity index (χ4v) is 3.07. The minimum Gasteiger partial charge on any atom is -0.497 e. The molecule has 0 aromatic heterocycles. The van der Waals surface area contributed by atoms with E-state index in [-0.39, 0.29) is 24.0 Å². The topological polar surface area (TPSA) is 89.0 Å². The van der Waals surface area contributed by atoms with Crippen molar-refractivity contribution in [2.75, 3.05) is 27.5 Å². The first-order valence-electron chi connectivity index (χ1n) is 8.31. The van der Waals surface area contributed by atoms with Gasteiger partial charge in [-0.1, -0.05) is 12.1 Å². The summed E-state index contributed by atoms with van der Waals surface area (Å²) in [7, 11) is 1.73. The minimum absolute atomic E-state index is 0. The molecule has 0 radical (unpaired) electrons. The van der Waals surface area contributed by atoms with Crippen LogP contribution in [-0.2, 0) is 22.9 Å². The van der Waals surface area contributed by atoms with Gasteiger partial charge in [0.15, 0.2) is 15.8 Å². The zero-order valence-electron chi connectivity index (χ0n) is 16.4. The number of hydrogen-bond acceptors (Lipinski definition) is 5. The molecule has 2 N–H and O–H groups in total. The fraction of sp³-hybridized carbons (Fsp3) is 0.316. The van der Waals surface area contributed by atoms with E-state index in [1.165, 1.54) is 6.26 Å². The Hall–Kier alpha value is -2.01. The van der Waals surface area contributed by atoms with Crippen molar-refractivity contribution in [1.82, 2.24) is 10.6 Å². The third-order valence-corrected chi connectivity index (χ3v) is 5.10. The molecule has 0 aliphatic heterocycles. The number of hydrogen-bond donors (Lipinski definition) is 2. The second-order valence-electron chi connectivity index (χ2n) is 5.87. The molecule has 2 rings (SSSR count). The summed E-state index contributed by atoms with van der Waals surface area (Å²) in [5.74, 6) is 2.09. The number of sulfone groups is 1. The van der Waals surface area contributed by atoms with Gasteiger partial charge < -0.3 is 20.1 Å². The fourth-order valence-electron chi connectivity index (χ4n) is 2.44. The number of aliphatic imine (C=N–C) groups is 1. The summed E-state index contributed by atoms with van der Waals surface area (Å²) < 4.78 is 33.6. The van der Waals surface area contributed by atoms with Crippen molar-refractivity contribution in [1.29, 1.82) is 0 Å². The van der Waals surface area contributed by atoms with E-state index in [9.17, 15) is 8.42 Å². The highest BCUT2D eigenvalue weighted by Gasteiger charge is 2.08. The lowest BCUT2D eigenvalue weighted by molar-refractivity contribution is 0.390. The van der Waals surface area contributed by atoms with Gasteiger partial charge in [0.2, 0.25) is 0 Å². The van der Waals surface area contributed by atoms with E-state index in [1.807, 2.05) is 18.2 Å². The molecule has 0 amide bonds. The summed E-state index contributed by atoms with van der Waals surface area (Å²) in [5, 5.41) is 6.42. The smallest absolute Gasteiger partial charge is 0.191 e. The number of ether oxygens (including phenoxy) is 2. The van der Waals surface area contributed by atoms with Gasteiger partial charge in [-0.15, -0.1) is 24.0 Å². The van der Waals surface area contributed by atoms with Gasteiger partial charge in [-0.25, -0.2) is 8.42 Å². The SMILES string of the molecule is CN=C(NCc1ccc(S(C)(=O)=O)cc1)NCc1ccc(OC)cc1OC.I. The molecule has 0 heterocycles. The Bertz CT molecular complexity index is 900. The number of nitrogens with zero attached hydrogens (tertiary/aromatic N) is 1. The summed E-state index contributed by atoms with van der Waals surface area (Å²) in [4.78, 5) is 4.50. The van der Waals surface area contributed by atoms with Gasteiger partial charge in [-0.2, -0.15) is 0 Å². The molecule has 9 heteroatoms. The molecule has 7 nitrogen and oxygen atoms in total. The Morgan fingerprint density at radius 3 is 2.18 bits per heavy atom. The lowest BCUT2D eigenvalue weighted by Crippen LogP contribution is -2.36. The monoisotopic (exact) mass is 519 g/mol. The van der Waals surface area contributed by atoms with E-state index >= 15 is 0 Å². The molecule has 0 fully saturated rings. The van der Waals surface area contributed by atoms with Gasteiger partial charge in [0, 0.05) is 38.0 Å². The van der Waals surface area contributed by atoms with Crippen LogP contribution >= 0.6 is 24.0 Å². The first-order chi connectivity index (χ1) is 12.9. The van der Waals surface area contributed by atoms with Crippen molar-refractivity contribution >= 4 is 39.8 Å². The molecule has 2 aromatic carbocycles. The number of benzene rings is 2. The van der Waals surface area contributed by atoms with Crippen LogP contribution < -0.4 is 20.1 Å². The summed E-state index contributed by atoms with van der Waals surface area (Å²) in [5.41, 5.74) is 1.92. The van der Waals surface area contributed by atoms with E-state index in [1.54, 1.807) is 45.5 Å². The van der Waals surface area contributed by atoms with Crippen molar-refractivity contribution in [3.05, 3.63) is 53.6 Å². The normalized spacial score (nSPS) is 11.4. The number of nitrogens with one attached hydrogen (secondary N) is 2. The van der Waals surface area contributed by atoms with E-state index in [4.69, 9.17) is 9.47 Å². The van der Waals surface area contributed by atoms with Crippen LogP contribution in [0.25, 0.3) is 0 Å². The van der Waals surface area contributed by atoms with Gasteiger partial charge in [0.25, 0.3) is 0 Å². The third-order valence-electron chi connectivity index (χ3n) is 3.98. The zero-order valence-corrected chi connectivity index (χ0v) is 19.5. The average Bonchev–Trinajstić information content (AvgIpc) is 2.67. The largest absolute Gasteiger partial charge is 0.497 e. The van der Waals surface area contributed by atoms with Crippen LogP contribution in [0.1, 0.15) is 11.1 Å². The number of rotatable bonds is 7. The molecule has 0 aliphatic carbocycles. The predicted octanol–water partition coefficient (Wildman–Crippen LogP) is 2.59. The second kappa shape index (κ2) is 11.1. The Morgan fingerprint density at radius 1 is 1.00 bits per heavy atom. The molecule has 0 saturated carbocycles. The quantitative estimate of drug-likeness (QED) is 0.332. The molecule has 154 valence electrons. The molecular weight excluding hydrogens is 493 g/mol. The van der Waals surface area contributed by atoms with E-state index < -0.39 is 9.84 Å². The first kappa shape index (κ1) is 24.0. The molecule has 28 heavy (non-hydrogen) atoms. The summed E-state index contributed by atoms with van der Waals surface area (Å²) in [6, 6.07) is 12.4. The first-order valence-corrected chi connectivity index (χ1v) is 10.2. The van der Waals surface area contributed by atoms with Crippen LogP contribution in [0, 0.1) is 0 Å². The summed E-state index contributed by atoms with van der Waals surface area (Å²) in [6.07, 6.45) is 1.19. The lowest BCUT2D eigenvalue weighted by atomic mass is 10.2. The maximum Gasteiger partial charge on any atom is 0.191 e. The maximum atomic E-state index is 11.5. The number of guanidine groups is 1. The zero-order chi connectivity index (χ0) is 19.9. The highest BCUT2D eigenvalue weighted by Crippen LogP contribution is 2.24. The number of methoxy groups -OCH3 is 2. The molecule has 0 saturated heterocycles. The Morgan fingerprint density at radius 2 is 1.64 bits per heavy atom. The summed E-state index contributed by atoms with van der Waals surface area (Å²) >= 11 is 0. The van der Waals surface area contributed by atoms with Crippen LogP contribution in [0.5, 0.6) is 11.5 Å². The molecule has 0 unspecified atom stereocenters. The van der Waals surface area contributed by atoms with Gasteiger partial charge in [0.1, 0.15) is 11.5 Å². The predicted molar refractivity (Wildman–Crippen MR) is 122 cm³/mol. The molecule has 0 bridgehead atoms. The van der Waals surface area contributed by atoms with Crippen LogP contribution in [-0.4, -0.2) is 41.9 Å². The highest BCUT2D eigenvalue weighted by atomic mass is 127. The van der Waals surface area contributed by atoms with Crippen LogP contribution in [0.3, 0.4) is 0 Å². The van der Waals surface area contributed by atoms with Crippen molar-refractivity contribution < 1.29 is 17.9 Å². The van der Waals surface area contributed by atoms with Crippen LogP contribution in [0.4, 0.5) is 0 Å². The van der Waals surface area contributed by atoms with Crippen molar-refractivity contribution in [2.24, 2.45) is 4.99 Å². The minimum atomic E-state index is -3.18. The maximum absolute atomic E-state index is 11.5. The van der Waals surface area contributed by atoms with Crippen LogP contribution in [0.2, 0.25) is 0 Å².